The van der Waals surface area contributed by atoms with Crippen molar-refractivity contribution in [2.24, 2.45) is 7.05 Å². The minimum Gasteiger partial charge on any atom is -0.358 e. The Morgan fingerprint density at radius 2 is 2.00 bits per heavy atom. The molecule has 2 rings (SSSR count). The van der Waals surface area contributed by atoms with Crippen molar-refractivity contribution < 1.29 is 21.3 Å². The topological polar surface area (TPSA) is 103 Å². The number of rotatable bonds is 4. The molecule has 8 nitrogen and oxygen atoms in total. The first kappa shape index (κ1) is 13.9. The molecular weight excluding hydrogens is 291 g/mol. The molecule has 20 heavy (non-hydrogen) atoms. The summed E-state index contributed by atoms with van der Waals surface area (Å²) in [5.74, 6) is -0.685. The summed E-state index contributed by atoms with van der Waals surface area (Å²) >= 11 is 0. The van der Waals surface area contributed by atoms with Gasteiger partial charge in [-0.2, -0.15) is 8.42 Å². The number of anilines is 1. The quantitative estimate of drug-likeness (QED) is 0.832. The zero-order valence-electron chi connectivity index (χ0n) is 10.1. The molecule has 106 valence electrons. The molecule has 0 saturated heterocycles. The van der Waals surface area contributed by atoms with E-state index in [1.54, 1.807) is 7.05 Å². The van der Waals surface area contributed by atoms with Gasteiger partial charge in [0.2, 0.25) is 0 Å². The van der Waals surface area contributed by atoms with Crippen molar-refractivity contribution in [1.82, 2.24) is 15.0 Å². The minimum absolute atomic E-state index is 0.124. The molecule has 1 heterocycles. The smallest absolute Gasteiger partial charge is 0.358 e. The Labute approximate surface area is 113 Å². The molecule has 10 heteroatoms. The van der Waals surface area contributed by atoms with Crippen LogP contribution in [0.3, 0.4) is 0 Å². The van der Waals surface area contributed by atoms with Crippen molar-refractivity contribution in [3.05, 3.63) is 36.2 Å². The number of hydrogen-bond acceptors (Lipinski definition) is 6. The highest BCUT2D eigenvalue weighted by Gasteiger charge is 2.12. The van der Waals surface area contributed by atoms with Crippen molar-refractivity contribution >= 4 is 22.1 Å². The van der Waals surface area contributed by atoms with Gasteiger partial charge in [0.05, 0.1) is 6.20 Å². The van der Waals surface area contributed by atoms with Crippen molar-refractivity contribution in [2.45, 2.75) is 0 Å². The lowest BCUT2D eigenvalue weighted by molar-refractivity contribution is 0.102. The van der Waals surface area contributed by atoms with E-state index in [0.717, 1.165) is 0 Å². The fraction of sp³-hybridized carbons (Fsp3) is 0.100. The second kappa shape index (κ2) is 5.25. The molecule has 1 amide bonds. The number of nitrogens with one attached hydrogen (secondary N) is 1. The molecule has 0 aliphatic heterocycles. The van der Waals surface area contributed by atoms with Gasteiger partial charge in [-0.25, -0.2) is 0 Å². The first-order valence-electron chi connectivity index (χ1n) is 5.25. The molecule has 2 aromatic rings. The normalized spacial score (nSPS) is 11.1. The van der Waals surface area contributed by atoms with Crippen molar-refractivity contribution in [2.75, 3.05) is 5.32 Å². The average molecular weight is 300 g/mol. The first-order chi connectivity index (χ1) is 9.33. The van der Waals surface area contributed by atoms with E-state index in [0.29, 0.717) is 5.69 Å². The molecule has 1 N–H and O–H groups in total. The van der Waals surface area contributed by atoms with E-state index < -0.39 is 16.4 Å². The highest BCUT2D eigenvalue weighted by molar-refractivity contribution is 7.81. The van der Waals surface area contributed by atoms with Gasteiger partial charge in [-0.05, 0) is 24.3 Å². The number of hydrogen-bond donors (Lipinski definition) is 1. The summed E-state index contributed by atoms with van der Waals surface area (Å²) < 4.78 is 38.2. The van der Waals surface area contributed by atoms with Gasteiger partial charge < -0.3 is 9.50 Å². The molecule has 0 saturated carbocycles. The van der Waals surface area contributed by atoms with Gasteiger partial charge >= 0.3 is 10.5 Å². The summed E-state index contributed by atoms with van der Waals surface area (Å²) in [5.41, 5.74) is 0.489. The molecular formula is C10H9FN4O4S. The third-order valence-electron chi connectivity index (χ3n) is 2.14. The summed E-state index contributed by atoms with van der Waals surface area (Å²) in [7, 11) is -3.44. The number of nitrogens with zero attached hydrogens (tertiary/aromatic N) is 3. The van der Waals surface area contributed by atoms with Crippen LogP contribution < -0.4 is 9.50 Å². The number of benzene rings is 1. The number of carbonyl (C=O) groups is 1. The monoisotopic (exact) mass is 300 g/mol. The number of aryl methyl sites for hydroxylation is 1. The highest BCUT2D eigenvalue weighted by Crippen LogP contribution is 2.18. The molecule has 0 radical (unpaired) electrons. The predicted octanol–water partition coefficient (Wildman–Crippen LogP) is 0.660. The third-order valence-corrected chi connectivity index (χ3v) is 2.53. The summed E-state index contributed by atoms with van der Waals surface area (Å²) in [6.45, 7) is 0. The van der Waals surface area contributed by atoms with E-state index in [1.807, 2.05) is 0 Å². The van der Waals surface area contributed by atoms with E-state index in [-0.39, 0.29) is 11.4 Å². The Balaban J connectivity index is 2.06. The SMILES string of the molecule is Cn1cc(C(=O)Nc2ccc(OS(=O)(=O)F)cc2)nn1. The molecule has 0 aliphatic rings. The van der Waals surface area contributed by atoms with E-state index in [4.69, 9.17) is 0 Å². The maximum atomic E-state index is 12.3. The van der Waals surface area contributed by atoms with Crippen LogP contribution in [0.1, 0.15) is 10.5 Å². The zero-order valence-corrected chi connectivity index (χ0v) is 11.0. The Morgan fingerprint density at radius 3 is 2.50 bits per heavy atom. The van der Waals surface area contributed by atoms with Gasteiger partial charge in [-0.3, -0.25) is 9.48 Å². The van der Waals surface area contributed by atoms with Crippen LogP contribution in [0.2, 0.25) is 0 Å². The number of amides is 1. The van der Waals surface area contributed by atoms with Gasteiger partial charge in [-0.15, -0.1) is 5.10 Å². The molecule has 0 bridgehead atoms. The van der Waals surface area contributed by atoms with E-state index in [2.05, 4.69) is 19.8 Å². The third kappa shape index (κ3) is 3.75. The van der Waals surface area contributed by atoms with Crippen LogP contribution in [0, 0.1) is 0 Å². The molecule has 0 atom stereocenters. The van der Waals surface area contributed by atoms with Crippen LogP contribution >= 0.6 is 0 Å². The predicted molar refractivity (Wildman–Crippen MR) is 66.1 cm³/mol. The van der Waals surface area contributed by atoms with Crippen LogP contribution in [-0.4, -0.2) is 29.3 Å². The summed E-state index contributed by atoms with van der Waals surface area (Å²) in [6.07, 6.45) is 1.43. The molecule has 0 aliphatic carbocycles. The molecule has 0 unspecified atom stereocenters. The minimum atomic E-state index is -5.06. The molecule has 1 aromatic heterocycles. The van der Waals surface area contributed by atoms with Gasteiger partial charge in [0.25, 0.3) is 5.91 Å². The standard InChI is InChI=1S/C10H9FN4O4S/c1-15-6-9(13-14-15)10(16)12-7-2-4-8(5-3-7)19-20(11,17)18/h2-6H,1H3,(H,12,16). The summed E-state index contributed by atoms with van der Waals surface area (Å²) in [6, 6.07) is 5.11. The van der Waals surface area contributed by atoms with Crippen LogP contribution in [0.25, 0.3) is 0 Å². The maximum absolute atomic E-state index is 12.3. The maximum Gasteiger partial charge on any atom is 0.488 e. The number of halogens is 1. The summed E-state index contributed by atoms with van der Waals surface area (Å²) in [4.78, 5) is 11.7. The van der Waals surface area contributed by atoms with Crippen LogP contribution in [-0.2, 0) is 17.6 Å². The Kier molecular flexibility index (Phi) is 3.66. The Hall–Kier alpha value is -2.49. The van der Waals surface area contributed by atoms with Crippen LogP contribution in [0.15, 0.2) is 30.5 Å². The fourth-order valence-corrected chi connectivity index (χ4v) is 1.70. The fourth-order valence-electron chi connectivity index (χ4n) is 1.36. The largest absolute Gasteiger partial charge is 0.488 e. The van der Waals surface area contributed by atoms with Crippen molar-refractivity contribution in [1.29, 1.82) is 0 Å². The van der Waals surface area contributed by atoms with E-state index >= 15 is 0 Å². The second-order valence-electron chi connectivity index (χ2n) is 3.73. The lowest BCUT2D eigenvalue weighted by atomic mass is 10.3. The van der Waals surface area contributed by atoms with Crippen molar-refractivity contribution in [3.63, 3.8) is 0 Å². The lowest BCUT2D eigenvalue weighted by Gasteiger charge is -2.04. The lowest BCUT2D eigenvalue weighted by Crippen LogP contribution is -2.12. The Morgan fingerprint density at radius 1 is 1.35 bits per heavy atom. The van der Waals surface area contributed by atoms with Crippen molar-refractivity contribution in [3.8, 4) is 5.75 Å². The molecule has 1 aromatic carbocycles. The van der Waals surface area contributed by atoms with Gasteiger partial charge in [0, 0.05) is 12.7 Å². The molecule has 0 spiro atoms. The second-order valence-corrected chi connectivity index (χ2v) is 4.69. The zero-order chi connectivity index (χ0) is 14.8. The van der Waals surface area contributed by atoms with E-state index in [1.165, 1.54) is 35.1 Å². The van der Waals surface area contributed by atoms with Gasteiger partial charge in [-0.1, -0.05) is 9.10 Å². The first-order valence-corrected chi connectivity index (χ1v) is 6.56. The number of carbonyl (C=O) groups excluding carboxylic acids is 1. The average Bonchev–Trinajstić information content (AvgIpc) is 2.77. The van der Waals surface area contributed by atoms with E-state index in [9.17, 15) is 17.1 Å². The number of aromatic nitrogens is 3. The summed E-state index contributed by atoms with van der Waals surface area (Å²) in [5, 5.41) is 9.74. The van der Waals surface area contributed by atoms with Crippen LogP contribution in [0.5, 0.6) is 5.75 Å². The Bertz CT molecular complexity index is 726. The van der Waals surface area contributed by atoms with Gasteiger partial charge in [0.15, 0.2) is 5.69 Å². The highest BCUT2D eigenvalue weighted by atomic mass is 32.3. The molecule has 0 fully saturated rings. The van der Waals surface area contributed by atoms with Crippen LogP contribution in [0.4, 0.5) is 9.57 Å². The van der Waals surface area contributed by atoms with Gasteiger partial charge in [0.1, 0.15) is 5.75 Å².